The standard InChI is InChI=1S/C20H19N3O/c1-13(24)6-7-15-11-21-20-17(4-3-5-18(15)20)14-8-9-16-12-23(2)22-19(16)10-14/h3-5,8-12,21H,6-7H2,1-2H3. The molecule has 0 amide bonds. The largest absolute Gasteiger partial charge is 0.360 e. The first-order valence-corrected chi connectivity index (χ1v) is 8.14. The van der Waals surface area contributed by atoms with E-state index in [1.54, 1.807) is 6.92 Å². The molecule has 0 unspecified atom stereocenters. The predicted molar refractivity (Wildman–Crippen MR) is 97.0 cm³/mol. The minimum Gasteiger partial charge on any atom is -0.360 e. The molecule has 2 aromatic carbocycles. The average Bonchev–Trinajstić information content (AvgIpc) is 3.14. The molecule has 4 nitrogen and oxygen atoms in total. The quantitative estimate of drug-likeness (QED) is 0.612. The number of aromatic amines is 1. The highest BCUT2D eigenvalue weighted by Crippen LogP contribution is 2.31. The van der Waals surface area contributed by atoms with Crippen molar-refractivity contribution in [2.24, 2.45) is 7.05 Å². The summed E-state index contributed by atoms with van der Waals surface area (Å²) in [6, 6.07) is 12.7. The summed E-state index contributed by atoms with van der Waals surface area (Å²) in [7, 11) is 1.94. The van der Waals surface area contributed by atoms with Gasteiger partial charge in [-0.2, -0.15) is 5.10 Å². The minimum atomic E-state index is 0.223. The maximum absolute atomic E-state index is 11.3. The van der Waals surface area contributed by atoms with E-state index in [0.717, 1.165) is 34.0 Å². The summed E-state index contributed by atoms with van der Waals surface area (Å²) in [4.78, 5) is 14.7. The first kappa shape index (κ1) is 14.7. The van der Waals surface area contributed by atoms with Crippen molar-refractivity contribution in [3.63, 3.8) is 0 Å². The summed E-state index contributed by atoms with van der Waals surface area (Å²) in [6.45, 7) is 1.64. The molecule has 2 aromatic heterocycles. The van der Waals surface area contributed by atoms with Crippen LogP contribution >= 0.6 is 0 Å². The lowest BCUT2D eigenvalue weighted by molar-refractivity contribution is -0.116. The van der Waals surface area contributed by atoms with Gasteiger partial charge < -0.3 is 9.78 Å². The molecule has 0 saturated carbocycles. The van der Waals surface area contributed by atoms with Crippen molar-refractivity contribution >= 4 is 27.6 Å². The SMILES string of the molecule is CC(=O)CCc1c[nH]c2c(-c3ccc4cn(C)nc4c3)cccc12. The van der Waals surface area contributed by atoms with Gasteiger partial charge >= 0.3 is 0 Å². The first-order chi connectivity index (χ1) is 11.6. The zero-order valence-electron chi connectivity index (χ0n) is 13.8. The first-order valence-electron chi connectivity index (χ1n) is 8.14. The lowest BCUT2D eigenvalue weighted by Gasteiger charge is -2.05. The highest BCUT2D eigenvalue weighted by atomic mass is 16.1. The Labute approximate surface area is 140 Å². The number of rotatable bonds is 4. The Hall–Kier alpha value is -2.88. The van der Waals surface area contributed by atoms with Gasteiger partial charge in [-0.05, 0) is 30.5 Å². The fourth-order valence-electron chi connectivity index (χ4n) is 3.28. The maximum atomic E-state index is 11.3. The number of fused-ring (bicyclic) bond motifs is 2. The number of nitrogens with one attached hydrogen (secondary N) is 1. The lowest BCUT2D eigenvalue weighted by atomic mass is 9.99. The third-order valence-corrected chi connectivity index (χ3v) is 4.48. The molecule has 4 heteroatoms. The van der Waals surface area contributed by atoms with Gasteiger partial charge in [0.25, 0.3) is 0 Å². The van der Waals surface area contributed by atoms with Crippen LogP contribution in [0.1, 0.15) is 18.9 Å². The molecule has 0 atom stereocenters. The summed E-state index contributed by atoms with van der Waals surface area (Å²) in [5.74, 6) is 0.223. The predicted octanol–water partition coefficient (Wildman–Crippen LogP) is 4.24. The summed E-state index contributed by atoms with van der Waals surface area (Å²) in [6.07, 6.45) is 5.40. The van der Waals surface area contributed by atoms with Crippen LogP contribution in [0.3, 0.4) is 0 Å². The van der Waals surface area contributed by atoms with Crippen LogP contribution in [0.4, 0.5) is 0 Å². The maximum Gasteiger partial charge on any atom is 0.130 e. The highest BCUT2D eigenvalue weighted by Gasteiger charge is 2.10. The number of aromatic nitrogens is 3. The van der Waals surface area contributed by atoms with Crippen molar-refractivity contribution in [3.8, 4) is 11.1 Å². The van der Waals surface area contributed by atoms with E-state index in [9.17, 15) is 4.79 Å². The van der Waals surface area contributed by atoms with Gasteiger partial charge in [-0.25, -0.2) is 0 Å². The topological polar surface area (TPSA) is 50.7 Å². The summed E-state index contributed by atoms with van der Waals surface area (Å²) < 4.78 is 1.84. The number of para-hydroxylation sites is 1. The third kappa shape index (κ3) is 2.50. The van der Waals surface area contributed by atoms with Gasteiger partial charge in [-0.15, -0.1) is 0 Å². The van der Waals surface area contributed by atoms with Crippen molar-refractivity contribution in [2.45, 2.75) is 19.8 Å². The monoisotopic (exact) mass is 317 g/mol. The van der Waals surface area contributed by atoms with Gasteiger partial charge in [0.15, 0.2) is 0 Å². The number of nitrogens with zero attached hydrogens (tertiary/aromatic N) is 2. The molecule has 0 aliphatic carbocycles. The van der Waals surface area contributed by atoms with Crippen molar-refractivity contribution in [3.05, 3.63) is 54.4 Å². The van der Waals surface area contributed by atoms with E-state index < -0.39 is 0 Å². The molecule has 1 N–H and O–H groups in total. The van der Waals surface area contributed by atoms with E-state index in [0.29, 0.717) is 6.42 Å². The molecule has 120 valence electrons. The van der Waals surface area contributed by atoms with Crippen LogP contribution in [0.5, 0.6) is 0 Å². The Morgan fingerprint density at radius 2 is 2.12 bits per heavy atom. The fourth-order valence-corrected chi connectivity index (χ4v) is 3.28. The fraction of sp³-hybridized carbons (Fsp3) is 0.200. The number of aryl methyl sites for hydroxylation is 2. The molecule has 0 radical (unpaired) electrons. The molecule has 0 bridgehead atoms. The smallest absolute Gasteiger partial charge is 0.130 e. The van der Waals surface area contributed by atoms with E-state index in [1.165, 1.54) is 10.9 Å². The van der Waals surface area contributed by atoms with E-state index in [-0.39, 0.29) is 5.78 Å². The third-order valence-electron chi connectivity index (χ3n) is 4.48. The van der Waals surface area contributed by atoms with E-state index in [1.807, 2.05) is 24.1 Å². The van der Waals surface area contributed by atoms with E-state index >= 15 is 0 Å². The second kappa shape index (κ2) is 5.64. The Bertz CT molecular complexity index is 1060. The molecule has 2 heterocycles. The number of H-pyrrole nitrogens is 1. The molecule has 0 saturated heterocycles. The molecular weight excluding hydrogens is 298 g/mol. The van der Waals surface area contributed by atoms with Gasteiger partial charge in [-0.1, -0.05) is 30.3 Å². The molecule has 0 aliphatic rings. The van der Waals surface area contributed by atoms with Crippen molar-refractivity contribution < 1.29 is 4.79 Å². The average molecular weight is 317 g/mol. The minimum absolute atomic E-state index is 0.223. The molecule has 0 aliphatic heterocycles. The highest BCUT2D eigenvalue weighted by molar-refractivity contribution is 5.98. The molecule has 0 fully saturated rings. The normalized spacial score (nSPS) is 11.4. The number of benzene rings is 2. The van der Waals surface area contributed by atoms with Crippen LogP contribution in [0, 0.1) is 0 Å². The van der Waals surface area contributed by atoms with Gasteiger partial charge in [0.05, 0.1) is 11.0 Å². The number of carbonyl (C=O) groups is 1. The van der Waals surface area contributed by atoms with Crippen molar-refractivity contribution in [1.29, 1.82) is 0 Å². The van der Waals surface area contributed by atoms with E-state index in [4.69, 9.17) is 0 Å². The molecule has 4 rings (SSSR count). The van der Waals surface area contributed by atoms with Crippen molar-refractivity contribution in [1.82, 2.24) is 14.8 Å². The Morgan fingerprint density at radius 3 is 2.96 bits per heavy atom. The lowest BCUT2D eigenvalue weighted by Crippen LogP contribution is -1.92. The van der Waals surface area contributed by atoms with Crippen LogP contribution in [0.15, 0.2) is 48.8 Å². The second-order valence-electron chi connectivity index (χ2n) is 6.32. The zero-order valence-corrected chi connectivity index (χ0v) is 13.8. The second-order valence-corrected chi connectivity index (χ2v) is 6.32. The van der Waals surface area contributed by atoms with Gasteiger partial charge in [0.2, 0.25) is 0 Å². The number of hydrogen-bond acceptors (Lipinski definition) is 2. The van der Waals surface area contributed by atoms with Crippen molar-refractivity contribution in [2.75, 3.05) is 0 Å². The number of hydrogen-bond donors (Lipinski definition) is 1. The van der Waals surface area contributed by atoms with Crippen LogP contribution in [0.2, 0.25) is 0 Å². The summed E-state index contributed by atoms with van der Waals surface area (Å²) in [5, 5.41) is 6.83. The van der Waals surface area contributed by atoms with Crippen LogP contribution in [-0.4, -0.2) is 20.5 Å². The Balaban J connectivity index is 1.81. The summed E-state index contributed by atoms with van der Waals surface area (Å²) >= 11 is 0. The number of carbonyl (C=O) groups excluding carboxylic acids is 1. The molecule has 24 heavy (non-hydrogen) atoms. The van der Waals surface area contributed by atoms with Crippen LogP contribution in [-0.2, 0) is 18.3 Å². The number of Topliss-reactive ketones (excluding diaryl/α,β-unsaturated/α-hetero) is 1. The van der Waals surface area contributed by atoms with Crippen LogP contribution in [0.25, 0.3) is 32.9 Å². The van der Waals surface area contributed by atoms with Gasteiger partial charge in [-0.3, -0.25) is 4.68 Å². The zero-order chi connectivity index (χ0) is 16.7. The number of ketones is 1. The van der Waals surface area contributed by atoms with E-state index in [2.05, 4.69) is 46.5 Å². The molecule has 0 spiro atoms. The Kier molecular flexibility index (Phi) is 3.45. The Morgan fingerprint density at radius 1 is 1.25 bits per heavy atom. The van der Waals surface area contributed by atoms with Gasteiger partial charge in [0, 0.05) is 42.2 Å². The summed E-state index contributed by atoms with van der Waals surface area (Å²) in [5.41, 5.74) is 5.61. The molecule has 4 aromatic rings. The van der Waals surface area contributed by atoms with Gasteiger partial charge in [0.1, 0.15) is 5.78 Å². The molecular formula is C20H19N3O. The van der Waals surface area contributed by atoms with Crippen LogP contribution < -0.4 is 0 Å².